The second-order valence-corrected chi connectivity index (χ2v) is 13.5. The molecule has 0 fully saturated rings. The van der Waals surface area contributed by atoms with Crippen LogP contribution >= 0.6 is 45.2 Å². The summed E-state index contributed by atoms with van der Waals surface area (Å²) in [4.78, 5) is 20.4. The van der Waals surface area contributed by atoms with Crippen molar-refractivity contribution in [2.24, 2.45) is 5.10 Å². The zero-order valence-corrected chi connectivity index (χ0v) is 31.5. The summed E-state index contributed by atoms with van der Waals surface area (Å²) in [6.45, 7) is 11.5. The van der Waals surface area contributed by atoms with Gasteiger partial charge in [0.1, 0.15) is 11.5 Å². The molecule has 4 heterocycles. The van der Waals surface area contributed by atoms with E-state index < -0.39 is 6.23 Å². The Kier molecular flexibility index (Phi) is 11.3. The van der Waals surface area contributed by atoms with Crippen LogP contribution in [0.15, 0.2) is 88.5 Å². The lowest BCUT2D eigenvalue weighted by molar-refractivity contribution is 0.174. The van der Waals surface area contributed by atoms with E-state index in [4.69, 9.17) is 9.47 Å². The first-order valence-corrected chi connectivity index (χ1v) is 17.1. The van der Waals surface area contributed by atoms with Gasteiger partial charge >= 0.3 is 0 Å². The average Bonchev–Trinajstić information content (AvgIpc) is 3.05. The fraction of sp³-hybridized carbons (Fsp3) is 0.194. The van der Waals surface area contributed by atoms with Crippen molar-refractivity contribution in [2.45, 2.75) is 47.8 Å². The van der Waals surface area contributed by atoms with E-state index in [9.17, 15) is 9.90 Å². The number of benzene rings is 2. The Labute approximate surface area is 306 Å². The highest BCUT2D eigenvalue weighted by Crippen LogP contribution is 2.33. The SMILES string of the molecule is CC1=NNC(O)C(C)=C1c1ccc(Oc2ncccc2I)cc1C.Cc1cc(Oc2ncccc2I)ccc1-c1c(C)n[nH]c(=O)c1C. The fourth-order valence-corrected chi connectivity index (χ4v) is 6.19. The van der Waals surface area contributed by atoms with E-state index in [-0.39, 0.29) is 5.56 Å². The van der Waals surface area contributed by atoms with Gasteiger partial charge in [-0.05, 0) is 163 Å². The molecule has 2 aromatic carbocycles. The van der Waals surface area contributed by atoms with Gasteiger partial charge in [0.15, 0.2) is 6.23 Å². The van der Waals surface area contributed by atoms with Crippen LogP contribution in [-0.4, -0.2) is 37.2 Å². The molecule has 3 N–H and O–H groups in total. The van der Waals surface area contributed by atoms with E-state index in [2.05, 4.69) is 75.9 Å². The third-order valence-electron chi connectivity index (χ3n) is 7.74. The molecular formula is C36H34I2N6O4. The number of aliphatic hydroxyl groups excluding tert-OH is 1. The minimum atomic E-state index is -0.755. The Bertz CT molecular complexity index is 2110. The van der Waals surface area contributed by atoms with Crippen LogP contribution < -0.4 is 20.5 Å². The van der Waals surface area contributed by atoms with Crippen LogP contribution in [0.3, 0.4) is 0 Å². The largest absolute Gasteiger partial charge is 0.438 e. The molecule has 0 radical (unpaired) electrons. The van der Waals surface area contributed by atoms with Gasteiger partial charge in [0.2, 0.25) is 11.8 Å². The summed E-state index contributed by atoms with van der Waals surface area (Å²) in [6, 6.07) is 19.3. The number of ether oxygens (including phenoxy) is 2. The van der Waals surface area contributed by atoms with E-state index in [0.717, 1.165) is 63.3 Å². The van der Waals surface area contributed by atoms with Crippen LogP contribution in [0.4, 0.5) is 0 Å². The third kappa shape index (κ3) is 7.93. The number of aromatic nitrogens is 4. The minimum Gasteiger partial charge on any atom is -0.438 e. The fourth-order valence-electron chi connectivity index (χ4n) is 5.27. The number of hydrazone groups is 1. The first-order valence-electron chi connectivity index (χ1n) is 15.0. The zero-order valence-electron chi connectivity index (χ0n) is 27.2. The average molecular weight is 869 g/mol. The summed E-state index contributed by atoms with van der Waals surface area (Å²) >= 11 is 4.39. The second kappa shape index (κ2) is 15.4. The maximum Gasteiger partial charge on any atom is 0.267 e. The highest BCUT2D eigenvalue weighted by molar-refractivity contribution is 14.1. The predicted octanol–water partition coefficient (Wildman–Crippen LogP) is 8.01. The highest BCUT2D eigenvalue weighted by Gasteiger charge is 2.21. The number of rotatable bonds is 6. The Hall–Kier alpha value is -4.15. The maximum absolute atomic E-state index is 11.9. The molecule has 0 saturated carbocycles. The van der Waals surface area contributed by atoms with Crippen molar-refractivity contribution in [1.82, 2.24) is 25.6 Å². The molecule has 10 nitrogen and oxygen atoms in total. The molecule has 0 spiro atoms. The van der Waals surface area contributed by atoms with Crippen molar-refractivity contribution >= 4 is 56.5 Å². The number of halogens is 2. The Morgan fingerprint density at radius 2 is 1.31 bits per heavy atom. The number of nitrogens with one attached hydrogen (secondary N) is 2. The molecule has 0 bridgehead atoms. The van der Waals surface area contributed by atoms with Crippen LogP contribution in [0.2, 0.25) is 0 Å². The van der Waals surface area contributed by atoms with Crippen LogP contribution in [0.5, 0.6) is 23.3 Å². The molecule has 1 atom stereocenters. The molecule has 1 aliphatic heterocycles. The molecule has 48 heavy (non-hydrogen) atoms. The molecule has 12 heteroatoms. The van der Waals surface area contributed by atoms with Crippen molar-refractivity contribution in [3.8, 4) is 34.4 Å². The molecule has 3 aromatic heterocycles. The number of aryl methyl sites for hydroxylation is 3. The van der Waals surface area contributed by atoms with Crippen LogP contribution in [0.1, 0.15) is 41.8 Å². The first-order chi connectivity index (χ1) is 22.9. The first kappa shape index (κ1) is 35.2. The van der Waals surface area contributed by atoms with Crippen molar-refractivity contribution in [1.29, 1.82) is 0 Å². The summed E-state index contributed by atoms with van der Waals surface area (Å²) in [5.74, 6) is 2.61. The normalized spacial score (nSPS) is 14.0. The Morgan fingerprint density at radius 3 is 1.83 bits per heavy atom. The van der Waals surface area contributed by atoms with Crippen LogP contribution in [-0.2, 0) is 0 Å². The summed E-state index contributed by atoms with van der Waals surface area (Å²) in [6.07, 6.45) is 2.66. The van der Waals surface area contributed by atoms with Gasteiger partial charge in [0.05, 0.1) is 18.5 Å². The van der Waals surface area contributed by atoms with Crippen LogP contribution in [0, 0.1) is 34.8 Å². The second-order valence-electron chi connectivity index (χ2n) is 11.2. The van der Waals surface area contributed by atoms with E-state index in [0.29, 0.717) is 23.1 Å². The van der Waals surface area contributed by atoms with Gasteiger partial charge in [0.25, 0.3) is 5.56 Å². The number of hydrogen-bond acceptors (Lipinski definition) is 9. The van der Waals surface area contributed by atoms with Gasteiger partial charge in [0, 0.05) is 29.1 Å². The summed E-state index contributed by atoms with van der Waals surface area (Å²) in [5, 5.41) is 20.8. The molecule has 1 aliphatic rings. The number of aromatic amines is 1. The van der Waals surface area contributed by atoms with Crippen molar-refractivity contribution in [3.63, 3.8) is 0 Å². The number of pyridine rings is 2. The number of H-pyrrole nitrogens is 1. The lowest BCUT2D eigenvalue weighted by Gasteiger charge is -2.23. The quantitative estimate of drug-likeness (QED) is 0.146. The smallest absolute Gasteiger partial charge is 0.267 e. The zero-order chi connectivity index (χ0) is 34.5. The third-order valence-corrected chi connectivity index (χ3v) is 9.38. The maximum atomic E-state index is 11.9. The molecule has 5 aromatic rings. The van der Waals surface area contributed by atoms with Crippen molar-refractivity contribution < 1.29 is 14.6 Å². The molecule has 0 aliphatic carbocycles. The summed E-state index contributed by atoms with van der Waals surface area (Å²) < 4.78 is 13.6. The molecule has 1 unspecified atom stereocenters. The van der Waals surface area contributed by atoms with E-state index in [1.807, 2.05) is 102 Å². The standard InChI is InChI=1S/C18H18IN3O2.C18H16IN3O2/c2*1-10-9-13(24-18-15(19)5-4-8-20-18)6-7-14(10)16-11(2)17(23)22-21-12(16)3/h4-9,17,22-23H,1-3H3;4-9H,1-3H3,(H,22,23). The predicted molar refractivity (Wildman–Crippen MR) is 205 cm³/mol. The molecule has 246 valence electrons. The van der Waals surface area contributed by atoms with E-state index >= 15 is 0 Å². The van der Waals surface area contributed by atoms with Crippen LogP contribution in [0.25, 0.3) is 16.7 Å². The van der Waals surface area contributed by atoms with Gasteiger partial charge in [-0.3, -0.25) is 10.2 Å². The van der Waals surface area contributed by atoms with Gasteiger partial charge < -0.3 is 14.6 Å². The molecular weight excluding hydrogens is 834 g/mol. The van der Waals surface area contributed by atoms with Crippen molar-refractivity contribution in [3.05, 3.63) is 124 Å². The van der Waals surface area contributed by atoms with E-state index in [1.54, 1.807) is 12.4 Å². The van der Waals surface area contributed by atoms with Gasteiger partial charge in [-0.25, -0.2) is 15.1 Å². The number of allylic oxidation sites excluding steroid dienone is 1. The Balaban J connectivity index is 0.000000188. The van der Waals surface area contributed by atoms with Gasteiger partial charge in [-0.15, -0.1) is 0 Å². The number of nitrogens with zero attached hydrogens (tertiary/aromatic N) is 4. The molecule has 0 amide bonds. The lowest BCUT2D eigenvalue weighted by Crippen LogP contribution is -2.31. The molecule has 6 rings (SSSR count). The van der Waals surface area contributed by atoms with E-state index in [1.165, 1.54) is 0 Å². The Morgan fingerprint density at radius 1 is 0.771 bits per heavy atom. The summed E-state index contributed by atoms with van der Waals surface area (Å²) in [7, 11) is 0. The number of hydrogen-bond donors (Lipinski definition) is 3. The topological polar surface area (TPSA) is 135 Å². The van der Waals surface area contributed by atoms with Crippen molar-refractivity contribution in [2.75, 3.05) is 0 Å². The highest BCUT2D eigenvalue weighted by atomic mass is 127. The number of aliphatic hydroxyl groups is 1. The summed E-state index contributed by atoms with van der Waals surface area (Å²) in [5.41, 5.74) is 11.6. The van der Waals surface area contributed by atoms with Gasteiger partial charge in [-0.1, -0.05) is 12.1 Å². The minimum absolute atomic E-state index is 0.168. The monoisotopic (exact) mass is 868 g/mol. The van der Waals surface area contributed by atoms with Gasteiger partial charge in [-0.2, -0.15) is 10.2 Å². The molecule has 0 saturated heterocycles. The lowest BCUT2D eigenvalue weighted by atomic mass is 9.92.